The first-order valence-corrected chi connectivity index (χ1v) is 9.39. The fraction of sp³-hybridized carbons (Fsp3) is 0.273. The maximum absolute atomic E-state index is 12.5. The molecule has 0 saturated carbocycles. The van der Waals surface area contributed by atoms with Crippen molar-refractivity contribution in [2.45, 2.75) is 33.8 Å². The number of amides is 2. The van der Waals surface area contributed by atoms with E-state index in [4.69, 9.17) is 13.9 Å². The van der Waals surface area contributed by atoms with E-state index in [0.717, 1.165) is 16.7 Å². The van der Waals surface area contributed by atoms with E-state index < -0.39 is 17.9 Å². The van der Waals surface area contributed by atoms with Crippen molar-refractivity contribution >= 4 is 22.8 Å². The van der Waals surface area contributed by atoms with Crippen LogP contribution in [0.5, 0.6) is 11.5 Å². The Balaban J connectivity index is 1.59. The Morgan fingerprint density at radius 3 is 2.38 bits per heavy atom. The van der Waals surface area contributed by atoms with Crippen LogP contribution in [-0.2, 0) is 4.79 Å². The fourth-order valence-electron chi connectivity index (χ4n) is 2.92. The van der Waals surface area contributed by atoms with E-state index >= 15 is 0 Å². The van der Waals surface area contributed by atoms with Crippen molar-refractivity contribution in [3.63, 3.8) is 0 Å². The normalized spacial score (nSPS) is 11.7. The first kappa shape index (κ1) is 20.3. The molecule has 0 fully saturated rings. The largest absolute Gasteiger partial charge is 0.494 e. The third-order valence-corrected chi connectivity index (χ3v) is 4.48. The molecule has 1 heterocycles. The van der Waals surface area contributed by atoms with Gasteiger partial charge < -0.3 is 13.9 Å². The van der Waals surface area contributed by atoms with E-state index in [2.05, 4.69) is 10.9 Å². The van der Waals surface area contributed by atoms with Crippen LogP contribution in [0.3, 0.4) is 0 Å². The lowest BCUT2D eigenvalue weighted by atomic mass is 10.1. The molecule has 0 spiro atoms. The summed E-state index contributed by atoms with van der Waals surface area (Å²) in [6.07, 6.45) is -0.813. The van der Waals surface area contributed by atoms with Gasteiger partial charge in [0.2, 0.25) is 0 Å². The monoisotopic (exact) mass is 396 g/mol. The molecule has 2 aromatic carbocycles. The number of hydrogen-bond acceptors (Lipinski definition) is 5. The van der Waals surface area contributed by atoms with Gasteiger partial charge in [0.15, 0.2) is 11.9 Å². The van der Waals surface area contributed by atoms with Gasteiger partial charge in [0.1, 0.15) is 17.1 Å². The molecular formula is C22H24N2O5. The number of hydrogen-bond donors (Lipinski definition) is 2. The number of para-hydroxylation sites is 1. The predicted molar refractivity (Wildman–Crippen MR) is 109 cm³/mol. The van der Waals surface area contributed by atoms with E-state index in [1.165, 1.54) is 0 Å². The Labute approximate surface area is 169 Å². The van der Waals surface area contributed by atoms with Crippen molar-refractivity contribution < 1.29 is 23.5 Å². The summed E-state index contributed by atoms with van der Waals surface area (Å²) in [5, 5.41) is 0.869. The van der Waals surface area contributed by atoms with Gasteiger partial charge in [0, 0.05) is 10.9 Å². The fourth-order valence-corrected chi connectivity index (χ4v) is 2.92. The molecule has 3 rings (SSSR count). The van der Waals surface area contributed by atoms with Crippen LogP contribution in [0.25, 0.3) is 11.0 Å². The van der Waals surface area contributed by atoms with Gasteiger partial charge in [-0.1, -0.05) is 18.2 Å². The topological polar surface area (TPSA) is 89.8 Å². The minimum atomic E-state index is -0.813. The second kappa shape index (κ2) is 8.68. The Morgan fingerprint density at radius 1 is 1.03 bits per heavy atom. The van der Waals surface area contributed by atoms with Crippen molar-refractivity contribution in [3.05, 3.63) is 59.4 Å². The maximum Gasteiger partial charge on any atom is 0.305 e. The average molecular weight is 396 g/mol. The van der Waals surface area contributed by atoms with Crippen molar-refractivity contribution in [3.8, 4) is 11.5 Å². The van der Waals surface area contributed by atoms with E-state index in [1.807, 2.05) is 32.0 Å². The molecule has 0 radical (unpaired) electrons. The molecular weight excluding hydrogens is 372 g/mol. The summed E-state index contributed by atoms with van der Waals surface area (Å²) in [4.78, 5) is 24.7. The summed E-state index contributed by atoms with van der Waals surface area (Å²) in [5.74, 6) is 0.387. The molecule has 3 aromatic rings. The lowest BCUT2D eigenvalue weighted by Gasteiger charge is -2.15. The molecule has 0 aliphatic heterocycles. The standard InChI is InChI=1S/C22H24N2O5/c1-5-27-16-9-11-17(12-10-16)28-15(4)21(25)23-24-22(26)20-14(3)18-8-6-7-13(2)19(18)29-20/h6-12,15H,5H2,1-4H3,(H,23,25)(H,24,26). The summed E-state index contributed by atoms with van der Waals surface area (Å²) >= 11 is 0. The van der Waals surface area contributed by atoms with E-state index in [0.29, 0.717) is 23.5 Å². The second-order valence-corrected chi connectivity index (χ2v) is 6.62. The van der Waals surface area contributed by atoms with Crippen LogP contribution in [0.2, 0.25) is 0 Å². The number of ether oxygens (including phenoxy) is 2. The Hall–Kier alpha value is -3.48. The first-order valence-electron chi connectivity index (χ1n) is 9.39. The molecule has 152 valence electrons. The van der Waals surface area contributed by atoms with Crippen molar-refractivity contribution in [2.75, 3.05) is 6.61 Å². The Morgan fingerprint density at radius 2 is 1.72 bits per heavy atom. The third-order valence-electron chi connectivity index (χ3n) is 4.48. The molecule has 0 aliphatic carbocycles. The van der Waals surface area contributed by atoms with Gasteiger partial charge in [0.05, 0.1) is 6.61 Å². The summed E-state index contributed by atoms with van der Waals surface area (Å²) in [6, 6.07) is 12.7. The molecule has 7 heteroatoms. The minimum Gasteiger partial charge on any atom is -0.494 e. The SMILES string of the molecule is CCOc1ccc(OC(C)C(=O)NNC(=O)c2oc3c(C)cccc3c2C)cc1. The van der Waals surface area contributed by atoms with Crippen LogP contribution < -0.4 is 20.3 Å². The lowest BCUT2D eigenvalue weighted by molar-refractivity contribution is -0.128. The average Bonchev–Trinajstić information content (AvgIpc) is 3.06. The molecule has 1 atom stereocenters. The number of furan rings is 1. The summed E-state index contributed by atoms with van der Waals surface area (Å²) in [6.45, 7) is 7.78. The zero-order chi connectivity index (χ0) is 21.0. The number of carbonyl (C=O) groups is 2. The van der Waals surface area contributed by atoms with Crippen molar-refractivity contribution in [2.24, 2.45) is 0 Å². The quantitative estimate of drug-likeness (QED) is 0.621. The molecule has 2 amide bonds. The van der Waals surface area contributed by atoms with Gasteiger partial charge >= 0.3 is 5.91 Å². The number of hydrazine groups is 1. The first-order chi connectivity index (χ1) is 13.9. The predicted octanol–water partition coefficient (Wildman–Crippen LogP) is 3.68. The maximum atomic E-state index is 12.5. The van der Waals surface area contributed by atoms with Gasteiger partial charge in [-0.25, -0.2) is 0 Å². The number of aryl methyl sites for hydroxylation is 2. The van der Waals surface area contributed by atoms with Crippen LogP contribution in [0.4, 0.5) is 0 Å². The molecule has 0 aliphatic rings. The molecule has 0 bridgehead atoms. The highest BCUT2D eigenvalue weighted by atomic mass is 16.5. The number of fused-ring (bicyclic) bond motifs is 1. The van der Waals surface area contributed by atoms with E-state index in [9.17, 15) is 9.59 Å². The second-order valence-electron chi connectivity index (χ2n) is 6.62. The summed E-state index contributed by atoms with van der Waals surface area (Å²) in [5.41, 5.74) is 7.06. The van der Waals surface area contributed by atoms with Gasteiger partial charge in [-0.05, 0) is 57.5 Å². The molecule has 29 heavy (non-hydrogen) atoms. The smallest absolute Gasteiger partial charge is 0.305 e. The summed E-state index contributed by atoms with van der Waals surface area (Å²) < 4.78 is 16.7. The van der Waals surface area contributed by atoms with E-state index in [1.54, 1.807) is 38.1 Å². The van der Waals surface area contributed by atoms with Crippen molar-refractivity contribution in [1.82, 2.24) is 10.9 Å². The molecule has 1 unspecified atom stereocenters. The van der Waals surface area contributed by atoms with Gasteiger partial charge in [-0.2, -0.15) is 0 Å². The number of rotatable bonds is 6. The molecule has 1 aromatic heterocycles. The highest BCUT2D eigenvalue weighted by Gasteiger charge is 2.21. The third kappa shape index (κ3) is 4.51. The van der Waals surface area contributed by atoms with Crippen molar-refractivity contribution in [1.29, 1.82) is 0 Å². The highest BCUT2D eigenvalue weighted by molar-refractivity contribution is 6.00. The molecule has 7 nitrogen and oxygen atoms in total. The zero-order valence-electron chi connectivity index (χ0n) is 16.9. The summed E-state index contributed by atoms with van der Waals surface area (Å²) in [7, 11) is 0. The molecule has 0 saturated heterocycles. The number of nitrogens with one attached hydrogen (secondary N) is 2. The van der Waals surface area contributed by atoms with Crippen LogP contribution >= 0.6 is 0 Å². The van der Waals surface area contributed by atoms with Crippen LogP contribution in [0, 0.1) is 13.8 Å². The number of benzene rings is 2. The van der Waals surface area contributed by atoms with Gasteiger partial charge in [0.25, 0.3) is 5.91 Å². The lowest BCUT2D eigenvalue weighted by Crippen LogP contribution is -2.47. The molecule has 2 N–H and O–H groups in total. The minimum absolute atomic E-state index is 0.162. The highest BCUT2D eigenvalue weighted by Crippen LogP contribution is 2.27. The van der Waals surface area contributed by atoms with Crippen LogP contribution in [-0.4, -0.2) is 24.5 Å². The Bertz CT molecular complexity index is 1020. The van der Waals surface area contributed by atoms with Crippen LogP contribution in [0.1, 0.15) is 35.5 Å². The van der Waals surface area contributed by atoms with Gasteiger partial charge in [-0.3, -0.25) is 20.4 Å². The van der Waals surface area contributed by atoms with Crippen LogP contribution in [0.15, 0.2) is 46.9 Å². The van der Waals surface area contributed by atoms with E-state index in [-0.39, 0.29) is 5.76 Å². The number of carbonyl (C=O) groups excluding carboxylic acids is 2. The zero-order valence-corrected chi connectivity index (χ0v) is 16.9. The Kier molecular flexibility index (Phi) is 6.07. The van der Waals surface area contributed by atoms with Gasteiger partial charge in [-0.15, -0.1) is 0 Å².